The van der Waals surface area contributed by atoms with Crippen LogP contribution in [0.4, 0.5) is 10.1 Å². The summed E-state index contributed by atoms with van der Waals surface area (Å²) >= 11 is 0. The number of nitrogens with one attached hydrogen (secondary N) is 2. The van der Waals surface area contributed by atoms with Crippen LogP contribution < -0.4 is 9.46 Å². The van der Waals surface area contributed by atoms with E-state index in [9.17, 15) is 13.2 Å². The lowest BCUT2D eigenvalue weighted by Gasteiger charge is -2.32. The van der Waals surface area contributed by atoms with Gasteiger partial charge in [0.25, 0.3) is 15.9 Å². The van der Waals surface area contributed by atoms with Crippen LogP contribution in [0.3, 0.4) is 0 Å². The van der Waals surface area contributed by atoms with Crippen molar-refractivity contribution < 1.29 is 22.3 Å². The number of hydrogen-bond acceptors (Lipinski definition) is 6. The van der Waals surface area contributed by atoms with E-state index in [1.54, 1.807) is 16.5 Å². The molecule has 0 aliphatic carbocycles. The molecule has 166 valence electrons. The first kappa shape index (κ1) is 21.1. The molecule has 4 rings (SSSR count). The van der Waals surface area contributed by atoms with Crippen LogP contribution in [0.25, 0.3) is 11.0 Å². The molecule has 0 unspecified atom stereocenters. The maximum Gasteiger partial charge on any atom is 0.277 e. The Kier molecular flexibility index (Phi) is 5.58. The van der Waals surface area contributed by atoms with Gasteiger partial charge in [0.2, 0.25) is 0 Å². The van der Waals surface area contributed by atoms with Crippen LogP contribution in [-0.2, 0) is 21.9 Å². The van der Waals surface area contributed by atoms with Crippen molar-refractivity contribution in [3.8, 4) is 5.75 Å². The zero-order valence-electron chi connectivity index (χ0n) is 17.1. The number of carbonyl (C=O) groups excluding carboxylic acids is 1. The van der Waals surface area contributed by atoms with E-state index in [1.807, 2.05) is 7.05 Å². The van der Waals surface area contributed by atoms with Gasteiger partial charge in [-0.25, -0.2) is 9.37 Å². The number of carbonyl (C=O) groups is 1. The Bertz CT molecular complexity index is 1200. The SMILES string of the molecule is CN1CCN(C(=O)COc2c(NS(=O)(=O)c3ccc[nH]3)cc3c(ncn3C)c2F)CC1. The predicted octanol–water partition coefficient (Wildman–Crippen LogP) is 0.994. The second-order valence-electron chi connectivity index (χ2n) is 7.40. The number of sulfonamides is 1. The molecule has 1 aromatic carbocycles. The Hall–Kier alpha value is -3.12. The van der Waals surface area contributed by atoms with Crippen LogP contribution in [0.15, 0.2) is 35.7 Å². The number of benzene rings is 1. The van der Waals surface area contributed by atoms with Crippen molar-refractivity contribution in [1.29, 1.82) is 0 Å². The molecule has 31 heavy (non-hydrogen) atoms. The van der Waals surface area contributed by atoms with E-state index >= 15 is 4.39 Å². The van der Waals surface area contributed by atoms with Crippen molar-refractivity contribution >= 4 is 32.7 Å². The zero-order chi connectivity index (χ0) is 22.2. The highest BCUT2D eigenvalue weighted by Gasteiger charge is 2.25. The number of amides is 1. The van der Waals surface area contributed by atoms with Crippen LogP contribution in [0.1, 0.15) is 0 Å². The molecule has 0 saturated carbocycles. The Labute approximate surface area is 178 Å². The second-order valence-corrected chi connectivity index (χ2v) is 9.05. The van der Waals surface area contributed by atoms with Gasteiger partial charge in [-0.2, -0.15) is 8.42 Å². The first-order valence-corrected chi connectivity index (χ1v) is 11.1. The predicted molar refractivity (Wildman–Crippen MR) is 112 cm³/mol. The van der Waals surface area contributed by atoms with Crippen LogP contribution in [-0.4, -0.2) is 78.5 Å². The molecule has 0 radical (unpaired) electrons. The number of aromatic nitrogens is 3. The van der Waals surface area contributed by atoms with Crippen molar-refractivity contribution in [1.82, 2.24) is 24.3 Å². The average molecular weight is 450 g/mol. The van der Waals surface area contributed by atoms with Crippen molar-refractivity contribution in [2.75, 3.05) is 44.6 Å². The number of hydrogen-bond donors (Lipinski definition) is 2. The van der Waals surface area contributed by atoms with E-state index in [2.05, 4.69) is 19.6 Å². The molecular weight excluding hydrogens is 427 g/mol. The Balaban J connectivity index is 1.64. The average Bonchev–Trinajstić information content (AvgIpc) is 3.39. The van der Waals surface area contributed by atoms with Gasteiger partial charge < -0.3 is 24.1 Å². The fraction of sp³-hybridized carbons (Fsp3) is 0.368. The topological polar surface area (TPSA) is 113 Å². The lowest BCUT2D eigenvalue weighted by molar-refractivity contribution is -0.134. The summed E-state index contributed by atoms with van der Waals surface area (Å²) < 4.78 is 50.0. The van der Waals surface area contributed by atoms with Gasteiger partial charge in [-0.3, -0.25) is 9.52 Å². The van der Waals surface area contributed by atoms with Crippen LogP contribution in [0.5, 0.6) is 5.75 Å². The molecule has 3 aromatic rings. The number of H-pyrrole nitrogens is 1. The summed E-state index contributed by atoms with van der Waals surface area (Å²) in [6, 6.07) is 4.34. The van der Waals surface area contributed by atoms with E-state index in [0.717, 1.165) is 13.1 Å². The minimum Gasteiger partial charge on any atom is -0.478 e. The number of ether oxygens (including phenoxy) is 1. The fourth-order valence-electron chi connectivity index (χ4n) is 3.39. The quantitative estimate of drug-likeness (QED) is 0.579. The molecule has 0 spiro atoms. The van der Waals surface area contributed by atoms with Crippen LogP contribution >= 0.6 is 0 Å². The molecule has 12 heteroatoms. The Morgan fingerprint density at radius 1 is 1.29 bits per heavy atom. The molecular formula is C19H23FN6O4S. The number of aryl methyl sites for hydroxylation is 1. The highest BCUT2D eigenvalue weighted by atomic mass is 32.2. The molecule has 10 nitrogen and oxygen atoms in total. The maximum atomic E-state index is 15.2. The third-order valence-corrected chi connectivity index (χ3v) is 6.54. The lowest BCUT2D eigenvalue weighted by Crippen LogP contribution is -2.48. The number of fused-ring (bicyclic) bond motifs is 1. The van der Waals surface area contributed by atoms with Gasteiger partial charge in [0.15, 0.2) is 23.2 Å². The van der Waals surface area contributed by atoms with Crippen LogP contribution in [0.2, 0.25) is 0 Å². The van der Waals surface area contributed by atoms with Crippen LogP contribution in [0, 0.1) is 5.82 Å². The summed E-state index contributed by atoms with van der Waals surface area (Å²) in [6.07, 6.45) is 2.88. The van der Waals surface area contributed by atoms with Gasteiger partial charge in [0, 0.05) is 39.4 Å². The van der Waals surface area contributed by atoms with Gasteiger partial charge in [-0.05, 0) is 25.2 Å². The first-order valence-electron chi connectivity index (χ1n) is 9.65. The molecule has 1 saturated heterocycles. The number of anilines is 1. The number of nitrogens with zero attached hydrogens (tertiary/aromatic N) is 4. The molecule has 2 N–H and O–H groups in total. The number of rotatable bonds is 6. The largest absolute Gasteiger partial charge is 0.478 e. The van der Waals surface area contributed by atoms with Gasteiger partial charge in [0.1, 0.15) is 5.52 Å². The normalized spacial score (nSPS) is 15.4. The summed E-state index contributed by atoms with van der Waals surface area (Å²) in [5, 5.41) is -0.0857. The second kappa shape index (κ2) is 8.19. The molecule has 1 aliphatic rings. The summed E-state index contributed by atoms with van der Waals surface area (Å²) in [5.74, 6) is -1.51. The lowest BCUT2D eigenvalue weighted by atomic mass is 10.2. The molecule has 0 atom stereocenters. The van der Waals surface area contributed by atoms with E-state index in [4.69, 9.17) is 4.74 Å². The summed E-state index contributed by atoms with van der Waals surface area (Å²) in [4.78, 5) is 22.9. The van der Waals surface area contributed by atoms with Crippen molar-refractivity contribution in [3.63, 3.8) is 0 Å². The standard InChI is InChI=1S/C19H23FN6O4S/c1-24-6-8-26(9-7-24)16(27)11-30-19-13(23-31(28,29)15-4-3-5-21-15)10-14-18(17(19)20)22-12-25(14)2/h3-5,10,12,21,23H,6-9,11H2,1-2H3. The van der Waals surface area contributed by atoms with E-state index < -0.39 is 22.4 Å². The Morgan fingerprint density at radius 3 is 2.71 bits per heavy atom. The highest BCUT2D eigenvalue weighted by molar-refractivity contribution is 7.92. The number of imidazole rings is 1. The smallest absolute Gasteiger partial charge is 0.277 e. The first-order chi connectivity index (χ1) is 14.8. The van der Waals surface area contributed by atoms with Crippen molar-refractivity contribution in [2.45, 2.75) is 5.03 Å². The maximum absolute atomic E-state index is 15.2. The van der Waals surface area contributed by atoms with E-state index in [1.165, 1.54) is 30.7 Å². The zero-order valence-corrected chi connectivity index (χ0v) is 17.9. The van der Waals surface area contributed by atoms with Gasteiger partial charge >= 0.3 is 0 Å². The monoisotopic (exact) mass is 450 g/mol. The number of aromatic amines is 1. The molecule has 1 aliphatic heterocycles. The fourth-order valence-corrected chi connectivity index (χ4v) is 4.42. The highest BCUT2D eigenvalue weighted by Crippen LogP contribution is 2.35. The summed E-state index contributed by atoms with van der Waals surface area (Å²) in [7, 11) is -0.389. The molecule has 2 aromatic heterocycles. The molecule has 3 heterocycles. The van der Waals surface area contributed by atoms with E-state index in [0.29, 0.717) is 18.6 Å². The summed E-state index contributed by atoms with van der Waals surface area (Å²) in [6.45, 7) is 2.15. The van der Waals surface area contributed by atoms with Gasteiger partial charge in [-0.15, -0.1) is 0 Å². The molecule has 1 fully saturated rings. The van der Waals surface area contributed by atoms with E-state index in [-0.39, 0.29) is 27.9 Å². The molecule has 1 amide bonds. The van der Waals surface area contributed by atoms with Crippen molar-refractivity contribution in [2.24, 2.45) is 7.05 Å². The minimum atomic E-state index is -4.02. The Morgan fingerprint density at radius 2 is 2.03 bits per heavy atom. The van der Waals surface area contributed by atoms with Gasteiger partial charge in [0.05, 0.1) is 17.5 Å². The number of halogens is 1. The third-order valence-electron chi connectivity index (χ3n) is 5.21. The number of piperazine rings is 1. The number of likely N-dealkylation sites (N-methyl/N-ethyl adjacent to an activating group) is 1. The third kappa shape index (κ3) is 4.21. The molecule has 0 bridgehead atoms. The summed E-state index contributed by atoms with van der Waals surface area (Å²) in [5.41, 5.74) is 0.279. The van der Waals surface area contributed by atoms with Gasteiger partial charge in [-0.1, -0.05) is 0 Å². The van der Waals surface area contributed by atoms with Crippen molar-refractivity contribution in [3.05, 3.63) is 36.5 Å². The minimum absolute atomic E-state index is 0.0207.